The van der Waals surface area contributed by atoms with Crippen LogP contribution in [0.4, 0.5) is 5.82 Å². The predicted octanol–water partition coefficient (Wildman–Crippen LogP) is 2.60. The Morgan fingerprint density at radius 3 is 2.32 bits per heavy atom. The molecule has 0 spiro atoms. The van der Waals surface area contributed by atoms with Gasteiger partial charge in [-0.05, 0) is 25.0 Å². The Labute approximate surface area is 161 Å². The van der Waals surface area contributed by atoms with Crippen molar-refractivity contribution in [3.05, 3.63) is 52.2 Å². The molecule has 1 aromatic carbocycles. The van der Waals surface area contributed by atoms with Crippen LogP contribution in [0.25, 0.3) is 0 Å². The van der Waals surface area contributed by atoms with Gasteiger partial charge in [-0.15, -0.1) is 0 Å². The lowest BCUT2D eigenvalue weighted by Crippen LogP contribution is -2.29. The third-order valence-electron chi connectivity index (χ3n) is 4.27. The van der Waals surface area contributed by atoms with Crippen LogP contribution in [-0.4, -0.2) is 39.9 Å². The highest BCUT2D eigenvalue weighted by Crippen LogP contribution is 2.27. The molecule has 0 saturated carbocycles. The zero-order valence-electron chi connectivity index (χ0n) is 15.7. The second kappa shape index (κ2) is 8.31. The van der Waals surface area contributed by atoms with Crippen molar-refractivity contribution >= 4 is 23.5 Å². The average molecular weight is 381 g/mol. The van der Waals surface area contributed by atoms with Crippen molar-refractivity contribution in [1.29, 1.82) is 5.26 Å². The smallest absolute Gasteiger partial charge is 0.303 e. The van der Waals surface area contributed by atoms with E-state index in [1.54, 1.807) is 32.0 Å². The summed E-state index contributed by atoms with van der Waals surface area (Å²) in [7, 11) is 1.44. The second-order valence-corrected chi connectivity index (χ2v) is 6.28. The molecule has 1 amide bonds. The van der Waals surface area contributed by atoms with Gasteiger partial charge in [-0.25, -0.2) is 4.98 Å². The number of rotatable bonds is 6. The van der Waals surface area contributed by atoms with Crippen molar-refractivity contribution in [3.8, 4) is 11.8 Å². The fourth-order valence-electron chi connectivity index (χ4n) is 2.74. The number of amides is 1. The Morgan fingerprint density at radius 1 is 1.18 bits per heavy atom. The molecule has 8 nitrogen and oxygen atoms in total. The summed E-state index contributed by atoms with van der Waals surface area (Å²) in [6.07, 6.45) is -0.831. The van der Waals surface area contributed by atoms with Gasteiger partial charge >= 0.3 is 5.97 Å². The fraction of sp³-hybridized carbons (Fsp3) is 0.250. The van der Waals surface area contributed by atoms with Crippen molar-refractivity contribution in [2.45, 2.75) is 26.7 Å². The van der Waals surface area contributed by atoms with E-state index in [9.17, 15) is 24.8 Å². The van der Waals surface area contributed by atoms with Gasteiger partial charge in [0.05, 0.1) is 12.0 Å². The van der Waals surface area contributed by atoms with Crippen LogP contribution in [0.1, 0.15) is 50.4 Å². The number of hydrogen-bond acceptors (Lipinski definition) is 6. The molecule has 8 heteroatoms. The van der Waals surface area contributed by atoms with Crippen LogP contribution in [0.15, 0.2) is 24.3 Å². The minimum atomic E-state index is -1.17. The van der Waals surface area contributed by atoms with Gasteiger partial charge in [-0.3, -0.25) is 19.3 Å². The Hall–Kier alpha value is -3.73. The molecule has 1 heterocycles. The van der Waals surface area contributed by atoms with Crippen molar-refractivity contribution in [2.75, 3.05) is 11.9 Å². The molecule has 0 bridgehead atoms. The van der Waals surface area contributed by atoms with E-state index in [-0.39, 0.29) is 17.3 Å². The minimum Gasteiger partial charge on any atom is -0.504 e. The lowest BCUT2D eigenvalue weighted by molar-refractivity contribution is -0.136. The van der Waals surface area contributed by atoms with Crippen LogP contribution < -0.4 is 4.90 Å². The number of nitrogens with zero attached hydrogens (tertiary/aromatic N) is 3. The standard InChI is InChI=1S/C20H19N3O5/c1-11-5-4-6-12(2)17(11)20(28)23(3)15-9-13(10-21)19(27)18(22-15)14(24)7-8-16(25)26/h4-6,9,27H,7-8H2,1-3H3,(H,25,26). The molecule has 144 valence electrons. The molecule has 0 aliphatic heterocycles. The molecule has 2 N–H and O–H groups in total. The zero-order chi connectivity index (χ0) is 21.0. The number of carbonyl (C=O) groups excluding carboxylic acids is 2. The number of Topliss-reactive ketones (excluding diaryl/α,β-unsaturated/α-hetero) is 1. The zero-order valence-corrected chi connectivity index (χ0v) is 15.7. The first kappa shape index (κ1) is 20.6. The molecule has 2 rings (SSSR count). The van der Waals surface area contributed by atoms with E-state index in [1.165, 1.54) is 18.0 Å². The molecule has 0 aliphatic carbocycles. The Morgan fingerprint density at radius 2 is 1.79 bits per heavy atom. The highest BCUT2D eigenvalue weighted by Gasteiger charge is 2.24. The van der Waals surface area contributed by atoms with Crippen molar-refractivity contribution < 1.29 is 24.6 Å². The number of carboxylic acids is 1. The van der Waals surface area contributed by atoms with E-state index in [1.807, 2.05) is 6.07 Å². The Kier molecular flexibility index (Phi) is 6.11. The summed E-state index contributed by atoms with van der Waals surface area (Å²) in [6.45, 7) is 3.58. The number of pyridine rings is 1. The van der Waals surface area contributed by atoms with Crippen molar-refractivity contribution in [1.82, 2.24) is 4.98 Å². The topological polar surface area (TPSA) is 132 Å². The molecule has 0 saturated heterocycles. The number of carboxylic acid groups (broad SMARTS) is 1. The number of aryl methyl sites for hydroxylation is 2. The number of aromatic nitrogens is 1. The summed E-state index contributed by atoms with van der Waals surface area (Å²) in [6, 6.07) is 8.37. The molecule has 2 aromatic rings. The average Bonchev–Trinajstić information content (AvgIpc) is 2.65. The number of aliphatic carboxylic acids is 1. The monoisotopic (exact) mass is 381 g/mol. The maximum atomic E-state index is 12.9. The van der Waals surface area contributed by atoms with Crippen molar-refractivity contribution in [3.63, 3.8) is 0 Å². The van der Waals surface area contributed by atoms with Crippen LogP contribution in [-0.2, 0) is 4.79 Å². The van der Waals surface area contributed by atoms with Crippen molar-refractivity contribution in [2.24, 2.45) is 0 Å². The molecule has 0 aliphatic rings. The Balaban J connectivity index is 2.49. The van der Waals surface area contributed by atoms with Gasteiger partial charge in [0, 0.05) is 25.1 Å². The minimum absolute atomic E-state index is 0.000628. The van der Waals surface area contributed by atoms with Crippen LogP contribution in [0, 0.1) is 25.2 Å². The number of carbonyl (C=O) groups is 3. The van der Waals surface area contributed by atoms with Gasteiger partial charge < -0.3 is 10.2 Å². The largest absolute Gasteiger partial charge is 0.504 e. The van der Waals surface area contributed by atoms with Gasteiger partial charge in [0.15, 0.2) is 17.2 Å². The van der Waals surface area contributed by atoms with Crippen LogP contribution in [0.2, 0.25) is 0 Å². The summed E-state index contributed by atoms with van der Waals surface area (Å²) in [5, 5.41) is 28.1. The maximum Gasteiger partial charge on any atom is 0.303 e. The highest BCUT2D eigenvalue weighted by atomic mass is 16.4. The molecule has 0 fully saturated rings. The number of benzene rings is 1. The second-order valence-electron chi connectivity index (χ2n) is 6.28. The lowest BCUT2D eigenvalue weighted by Gasteiger charge is -2.20. The predicted molar refractivity (Wildman–Crippen MR) is 100 cm³/mol. The Bertz CT molecular complexity index is 987. The van der Waals surface area contributed by atoms with E-state index < -0.39 is 36.0 Å². The summed E-state index contributed by atoms with van der Waals surface area (Å²) < 4.78 is 0. The lowest BCUT2D eigenvalue weighted by atomic mass is 10.0. The summed E-state index contributed by atoms with van der Waals surface area (Å²) in [5.74, 6) is -2.92. The maximum absolute atomic E-state index is 12.9. The number of anilines is 1. The molecular formula is C20H19N3O5. The van der Waals surface area contributed by atoms with Crippen LogP contribution in [0.3, 0.4) is 0 Å². The molecular weight excluding hydrogens is 362 g/mol. The first-order valence-electron chi connectivity index (χ1n) is 8.40. The quantitative estimate of drug-likeness (QED) is 0.735. The first-order valence-corrected chi connectivity index (χ1v) is 8.40. The molecule has 0 unspecified atom stereocenters. The molecule has 0 radical (unpaired) electrons. The van der Waals surface area contributed by atoms with Crippen LogP contribution >= 0.6 is 0 Å². The highest BCUT2D eigenvalue weighted by molar-refractivity contribution is 6.08. The normalized spacial score (nSPS) is 10.2. The van der Waals surface area contributed by atoms with E-state index in [4.69, 9.17) is 5.11 Å². The van der Waals surface area contributed by atoms with Gasteiger partial charge in [0.25, 0.3) is 5.91 Å². The van der Waals surface area contributed by atoms with Crippen LogP contribution in [0.5, 0.6) is 5.75 Å². The number of hydrogen-bond donors (Lipinski definition) is 2. The summed E-state index contributed by atoms with van der Waals surface area (Å²) >= 11 is 0. The first-order chi connectivity index (χ1) is 13.2. The number of aromatic hydroxyl groups is 1. The number of ketones is 1. The van der Waals surface area contributed by atoms with Gasteiger partial charge in [0.1, 0.15) is 11.9 Å². The van der Waals surface area contributed by atoms with Gasteiger partial charge in [-0.2, -0.15) is 5.26 Å². The summed E-state index contributed by atoms with van der Waals surface area (Å²) in [5.41, 5.74) is 1.32. The van der Waals surface area contributed by atoms with E-state index in [2.05, 4.69) is 4.98 Å². The molecule has 28 heavy (non-hydrogen) atoms. The molecule has 0 atom stereocenters. The van der Waals surface area contributed by atoms with E-state index >= 15 is 0 Å². The fourth-order valence-corrected chi connectivity index (χ4v) is 2.74. The van der Waals surface area contributed by atoms with Gasteiger partial charge in [0.2, 0.25) is 0 Å². The third kappa shape index (κ3) is 4.15. The molecule has 1 aromatic heterocycles. The summed E-state index contributed by atoms with van der Waals surface area (Å²) in [4.78, 5) is 41.1. The SMILES string of the molecule is Cc1cccc(C)c1C(=O)N(C)c1cc(C#N)c(O)c(C(=O)CCC(=O)O)n1. The van der Waals surface area contributed by atoms with Gasteiger partial charge in [-0.1, -0.05) is 18.2 Å². The van der Waals surface area contributed by atoms with E-state index in [0.29, 0.717) is 5.56 Å². The number of nitriles is 1. The third-order valence-corrected chi connectivity index (χ3v) is 4.27. The van der Waals surface area contributed by atoms with E-state index in [0.717, 1.165) is 11.1 Å².